The molecule has 0 spiro atoms. The number of carbonyl (C=O) groups excluding carboxylic acids is 17. The van der Waals surface area contributed by atoms with Gasteiger partial charge in [-0.05, 0) is 24.8 Å². The van der Waals surface area contributed by atoms with Crippen LogP contribution in [0.1, 0.15) is 147 Å². The van der Waals surface area contributed by atoms with Crippen LogP contribution in [0.15, 0.2) is 5.11 Å². The summed E-state index contributed by atoms with van der Waals surface area (Å²) in [4.78, 5) is 214. The molecule has 3 saturated heterocycles. The molecule has 3 rings (SSSR count). The molecule has 774 valence electrons. The minimum absolute atomic E-state index is 0.00218. The van der Waals surface area contributed by atoms with Crippen LogP contribution in [0.3, 0.4) is 0 Å². The quantitative estimate of drug-likeness (QED) is 0.00792. The first-order valence-corrected chi connectivity index (χ1v) is 44.6. The zero-order valence-electron chi connectivity index (χ0n) is 79.3. The molecule has 0 aromatic heterocycles. The molecule has 136 heavy (non-hydrogen) atoms. The maximum atomic E-state index is 14.0. The van der Waals surface area contributed by atoms with Crippen molar-refractivity contribution in [2.24, 2.45) is 5.11 Å². The zero-order valence-corrected chi connectivity index (χ0v) is 79.3. The Morgan fingerprint density at radius 1 is 0.294 bits per heavy atom. The van der Waals surface area contributed by atoms with Gasteiger partial charge in [-0.25, -0.2) is 0 Å². The first kappa shape index (κ1) is 120. The third-order valence-corrected chi connectivity index (χ3v) is 18.9. The first-order valence-electron chi connectivity index (χ1n) is 44.6. The van der Waals surface area contributed by atoms with Gasteiger partial charge in [-0.3, -0.25) is 81.5 Å². The lowest BCUT2D eigenvalue weighted by atomic mass is 9.96. The van der Waals surface area contributed by atoms with E-state index in [0.717, 1.165) is 62.3 Å². The van der Waals surface area contributed by atoms with Crippen LogP contribution in [0.25, 0.3) is 10.4 Å². The van der Waals surface area contributed by atoms with Gasteiger partial charge in [-0.1, -0.05) is 18.0 Å². The van der Waals surface area contributed by atoms with Crippen LogP contribution in [0, 0.1) is 0 Å². The van der Waals surface area contributed by atoms with Crippen molar-refractivity contribution >= 4 is 101 Å². The van der Waals surface area contributed by atoms with Gasteiger partial charge in [-0.2, -0.15) is 0 Å². The predicted octanol–water partition coefficient (Wildman–Crippen LogP) is -2.31. The van der Waals surface area contributed by atoms with Crippen LogP contribution in [-0.4, -0.2) is 390 Å². The standard InChI is InChI=1S/C84H137N11O41/c1-52(96)91-72-78(131-61(10)105)75(128-58(7)102)64(46-125-55(4)99)134-81(72)122-43-40-116-37-34-113-31-25-87-68(109)20-28-119-49-84(94-71(112)19-16-14-13-15-18-67(108)86-23-17-24-90-95-85,50-120-29-21-69(110)88-26-32-114-35-38-117-41-44-123-82-73(92-53(2)97)79(132-62(11)106)76(129-59(8)103)65(135-82)47-126-56(5)100)51-121-30-22-70(111)89-27-33-115-36-39-118-42-45-124-83-74(93-54(3)98)80(133-63(12)107)77(130-60(9)104)66(136-83)48-127-57(6)101/h64-66,72-83H,13-51H2,1-12H3,(H,86,108)(H,87,109)(H,88,110)(H,89,111)(H,91,96)(H,92,97)(H,93,98)(H,94,112)/t64?,65?,66?,72-,73?,74?,75-,76-,77-,78+,79+,80+,81?,82+,83+,84?/m0/s1. The number of rotatable bonds is 72. The molecule has 8 amide bonds. The molecule has 3 aliphatic rings. The molecule has 0 aromatic rings. The van der Waals surface area contributed by atoms with Crippen molar-refractivity contribution in [3.05, 3.63) is 10.4 Å². The number of nitrogens with one attached hydrogen (secondary N) is 8. The molecule has 15 atom stereocenters. The maximum Gasteiger partial charge on any atom is 0.303 e. The normalized spacial score (nSPS) is 21.5. The Kier molecular flexibility index (Phi) is 62.0. The van der Waals surface area contributed by atoms with Crippen molar-refractivity contribution in [2.75, 3.05) is 191 Å². The Labute approximate surface area is 787 Å². The van der Waals surface area contributed by atoms with Gasteiger partial charge in [-0.15, -0.1) is 0 Å². The van der Waals surface area contributed by atoms with Crippen LogP contribution < -0.4 is 42.5 Å². The van der Waals surface area contributed by atoms with Crippen LogP contribution in [-0.2, 0) is 195 Å². The molecule has 0 bridgehead atoms. The molecule has 0 aliphatic carbocycles. The Morgan fingerprint density at radius 3 is 0.838 bits per heavy atom. The number of nitrogens with zero attached hydrogens (tertiary/aromatic N) is 3. The summed E-state index contributed by atoms with van der Waals surface area (Å²) in [6.45, 7) is 11.7. The number of carbonyl (C=O) groups is 17. The van der Waals surface area contributed by atoms with Gasteiger partial charge >= 0.3 is 53.7 Å². The Hall–Kier alpha value is -10.3. The van der Waals surface area contributed by atoms with E-state index in [2.05, 4.69) is 52.6 Å². The average molecular weight is 1960 g/mol. The van der Waals surface area contributed by atoms with Gasteiger partial charge in [0, 0.05) is 153 Å². The molecule has 52 heteroatoms. The minimum atomic E-state index is -1.52. The van der Waals surface area contributed by atoms with Gasteiger partial charge in [0.05, 0.1) is 139 Å². The number of hydrogen-bond donors (Lipinski definition) is 8. The van der Waals surface area contributed by atoms with E-state index in [0.29, 0.717) is 38.6 Å². The van der Waals surface area contributed by atoms with Crippen molar-refractivity contribution in [1.82, 2.24) is 42.5 Å². The topological polar surface area (TPSA) is 657 Å². The Bertz CT molecular complexity index is 3420. The van der Waals surface area contributed by atoms with Crippen LogP contribution in [0.5, 0.6) is 0 Å². The number of hydrogen-bond acceptors (Lipinski definition) is 42. The minimum Gasteiger partial charge on any atom is -0.463 e. The highest BCUT2D eigenvalue weighted by Crippen LogP contribution is 2.32. The average Bonchev–Trinajstić information content (AvgIpc) is 0.794. The Balaban J connectivity index is 1.68. The third kappa shape index (κ3) is 54.6. The van der Waals surface area contributed by atoms with E-state index < -0.39 is 212 Å². The number of unbranched alkanes of at least 4 members (excludes halogenated alkanes) is 3. The van der Waals surface area contributed by atoms with Crippen LogP contribution >= 0.6 is 0 Å². The predicted molar refractivity (Wildman–Crippen MR) is 460 cm³/mol. The fourth-order valence-electron chi connectivity index (χ4n) is 13.3. The van der Waals surface area contributed by atoms with E-state index in [1.807, 2.05) is 0 Å². The van der Waals surface area contributed by atoms with E-state index in [1.54, 1.807) is 0 Å². The van der Waals surface area contributed by atoms with Gasteiger partial charge in [0.25, 0.3) is 0 Å². The highest BCUT2D eigenvalue weighted by atomic mass is 16.7. The molecule has 6 unspecified atom stereocenters. The number of ether oxygens (including phenoxy) is 24. The highest BCUT2D eigenvalue weighted by molar-refractivity contribution is 5.79. The van der Waals surface area contributed by atoms with Gasteiger partial charge in [0.1, 0.15) is 61.8 Å². The molecular weight excluding hydrogens is 1820 g/mol. The van der Waals surface area contributed by atoms with E-state index >= 15 is 0 Å². The Morgan fingerprint density at radius 2 is 0.559 bits per heavy atom. The second-order valence-corrected chi connectivity index (χ2v) is 30.8. The van der Waals surface area contributed by atoms with Crippen molar-refractivity contribution in [3.63, 3.8) is 0 Å². The fraction of sp³-hybridized carbons (Fsp3) is 0.798. The molecule has 3 fully saturated rings. The lowest BCUT2D eigenvalue weighted by molar-refractivity contribution is -0.279. The second-order valence-electron chi connectivity index (χ2n) is 30.8. The van der Waals surface area contributed by atoms with Gasteiger partial charge in [0.15, 0.2) is 55.5 Å². The van der Waals surface area contributed by atoms with Crippen LogP contribution in [0.2, 0.25) is 0 Å². The molecule has 0 aromatic carbocycles. The van der Waals surface area contributed by atoms with Crippen molar-refractivity contribution < 1.29 is 195 Å². The lowest BCUT2D eigenvalue weighted by Crippen LogP contribution is -2.66. The second kappa shape index (κ2) is 70.3. The van der Waals surface area contributed by atoms with Crippen LogP contribution in [0.4, 0.5) is 0 Å². The maximum absolute atomic E-state index is 14.0. The van der Waals surface area contributed by atoms with E-state index in [-0.39, 0.29) is 203 Å². The monoisotopic (exact) mass is 1960 g/mol. The fourth-order valence-corrected chi connectivity index (χ4v) is 13.3. The van der Waals surface area contributed by atoms with E-state index in [4.69, 9.17) is 119 Å². The SMILES string of the molecule is CC(=O)NC1[C@H](OCCOCCOCCNC(=O)CCOCC(COCCC(=O)NCCOCCOCCOC2OC(COC(C)=O)[C@H](OC(C)=O)[C@H](OC(C)=O)[C@@H]2NC(C)=O)(COCCC(=O)NCCOCCOCCO[C@@H]2OC(COC(C)=O)[C@H](OC(C)=O)[C@H](OC(C)=O)C2NC(C)=O)NC(=O)CCCCCCC(=O)NCCCN=[N+]=[N-])OC(COC(C)=O)[C@H](OC(C)=O)[C@@H]1OC(C)=O. The highest BCUT2D eigenvalue weighted by Gasteiger charge is 2.55. The van der Waals surface area contributed by atoms with Gasteiger partial charge in [0.2, 0.25) is 47.3 Å². The summed E-state index contributed by atoms with van der Waals surface area (Å²) in [7, 11) is 0. The summed E-state index contributed by atoms with van der Waals surface area (Å²) in [6, 6.07) is -3.56. The number of amides is 8. The molecule has 52 nitrogen and oxygen atoms in total. The first-order chi connectivity index (χ1) is 64.9. The molecule has 3 aliphatic heterocycles. The summed E-state index contributed by atoms with van der Waals surface area (Å²) in [5, 5.41) is 25.2. The molecule has 0 radical (unpaired) electrons. The smallest absolute Gasteiger partial charge is 0.303 e. The molecule has 8 N–H and O–H groups in total. The summed E-state index contributed by atoms with van der Waals surface area (Å²) >= 11 is 0. The number of azide groups is 1. The van der Waals surface area contributed by atoms with Crippen molar-refractivity contribution in [3.8, 4) is 0 Å². The van der Waals surface area contributed by atoms with E-state index in [1.165, 1.54) is 20.8 Å². The molecular formula is C84H137N11O41. The van der Waals surface area contributed by atoms with Crippen molar-refractivity contribution in [2.45, 2.75) is 245 Å². The number of esters is 9. The molecule has 3 heterocycles. The van der Waals surface area contributed by atoms with Crippen molar-refractivity contribution in [1.29, 1.82) is 0 Å². The molecule has 0 saturated carbocycles. The van der Waals surface area contributed by atoms with Gasteiger partial charge < -0.3 is 156 Å². The largest absolute Gasteiger partial charge is 0.463 e. The van der Waals surface area contributed by atoms with E-state index in [9.17, 15) is 81.5 Å². The zero-order chi connectivity index (χ0) is 101. The lowest BCUT2D eigenvalue weighted by Gasteiger charge is -2.44. The summed E-state index contributed by atoms with van der Waals surface area (Å²) in [6.07, 6.45) is -13.2. The summed E-state index contributed by atoms with van der Waals surface area (Å²) < 4.78 is 136. The third-order valence-electron chi connectivity index (χ3n) is 18.9. The summed E-state index contributed by atoms with van der Waals surface area (Å²) in [5.41, 5.74) is 7.01. The summed E-state index contributed by atoms with van der Waals surface area (Å²) in [5.74, 6) is -10.3.